The molecule has 0 radical (unpaired) electrons. The smallest absolute Gasteiger partial charge is 0.154 e. The summed E-state index contributed by atoms with van der Waals surface area (Å²) in [5.74, 6) is 1.31. The Labute approximate surface area is 241 Å². The molecule has 0 N–H and O–H groups in total. The number of hydrogen-bond acceptors (Lipinski definition) is 5. The van der Waals surface area contributed by atoms with E-state index in [0.717, 1.165) is 44.3 Å². The molecule has 0 spiro atoms. The van der Waals surface area contributed by atoms with Gasteiger partial charge >= 0.3 is 0 Å². The second kappa shape index (κ2) is 10.1. The molecule has 4 heterocycles. The molecular formula is C36H34N4O. The van der Waals surface area contributed by atoms with E-state index in [4.69, 9.17) is 24.7 Å². The molecule has 0 amide bonds. The lowest BCUT2D eigenvalue weighted by Gasteiger charge is -2.20. The fourth-order valence-corrected chi connectivity index (χ4v) is 5.00. The third-order valence-corrected chi connectivity index (χ3v) is 7.40. The van der Waals surface area contributed by atoms with Crippen molar-refractivity contribution in [2.45, 2.75) is 52.4 Å². The van der Waals surface area contributed by atoms with Gasteiger partial charge in [-0.3, -0.25) is 19.9 Å². The minimum atomic E-state index is 0.0127. The molecule has 5 heteroatoms. The van der Waals surface area contributed by atoms with Crippen molar-refractivity contribution >= 4 is 21.8 Å². The molecule has 0 aliphatic heterocycles. The van der Waals surface area contributed by atoms with Crippen LogP contribution in [0, 0.1) is 0 Å². The summed E-state index contributed by atoms with van der Waals surface area (Å²) in [7, 11) is 0. The molecule has 5 nitrogen and oxygen atoms in total. The summed E-state index contributed by atoms with van der Waals surface area (Å²) in [6.45, 7) is 13.3. The third-order valence-electron chi connectivity index (χ3n) is 7.40. The second-order valence-electron chi connectivity index (χ2n) is 12.6. The third kappa shape index (κ3) is 5.40. The van der Waals surface area contributed by atoms with Gasteiger partial charge in [0.1, 0.15) is 11.0 Å². The summed E-state index contributed by atoms with van der Waals surface area (Å²) in [4.78, 5) is 18.8. The van der Waals surface area contributed by atoms with Crippen LogP contribution in [0.2, 0.25) is 0 Å². The number of benzene rings is 2. The first-order valence-corrected chi connectivity index (χ1v) is 14.0. The van der Waals surface area contributed by atoms with Gasteiger partial charge in [0.15, 0.2) is 11.5 Å². The van der Waals surface area contributed by atoms with E-state index in [0.29, 0.717) is 11.5 Å². The Morgan fingerprint density at radius 3 is 1.34 bits per heavy atom. The summed E-state index contributed by atoms with van der Waals surface area (Å²) in [6.07, 6.45) is 7.34. The largest absolute Gasteiger partial charge is 0.453 e. The van der Waals surface area contributed by atoms with Gasteiger partial charge in [0.2, 0.25) is 0 Å². The molecule has 6 rings (SSSR count). The van der Waals surface area contributed by atoms with E-state index < -0.39 is 0 Å². The Hall–Kier alpha value is -4.64. The van der Waals surface area contributed by atoms with Gasteiger partial charge < -0.3 is 4.74 Å². The zero-order chi connectivity index (χ0) is 28.8. The lowest BCUT2D eigenvalue weighted by molar-refractivity contribution is 0.492. The fourth-order valence-electron chi connectivity index (χ4n) is 5.00. The highest BCUT2D eigenvalue weighted by Gasteiger charge is 2.19. The van der Waals surface area contributed by atoms with Crippen LogP contribution in [0.5, 0.6) is 11.5 Å². The molecule has 6 aromatic rings. The number of hydrogen-bond donors (Lipinski definition) is 0. The molecule has 0 saturated carbocycles. The number of ether oxygens (including phenoxy) is 1. The second-order valence-corrected chi connectivity index (χ2v) is 12.6. The van der Waals surface area contributed by atoms with Crippen LogP contribution in [-0.2, 0) is 10.8 Å². The average molecular weight is 539 g/mol. The first-order chi connectivity index (χ1) is 19.6. The molecule has 0 saturated heterocycles. The standard InChI is InChI=1S/C36H34N4O/c1-35(2,3)27-11-15-37-29(21-27)25-17-23-9-7-13-39-33(23)31(19-25)41-32-20-26(18-24-10-8-14-40-34(24)32)30-22-28(12-16-38-30)36(4,5)6/h7-22H,1-6H3. The lowest BCUT2D eigenvalue weighted by atomic mass is 9.87. The number of nitrogens with zero attached hydrogens (tertiary/aromatic N) is 4. The maximum absolute atomic E-state index is 6.74. The van der Waals surface area contributed by atoms with E-state index in [1.807, 2.05) is 36.7 Å². The van der Waals surface area contributed by atoms with Gasteiger partial charge in [-0.1, -0.05) is 53.7 Å². The Morgan fingerprint density at radius 1 is 0.488 bits per heavy atom. The summed E-state index contributed by atoms with van der Waals surface area (Å²) in [5.41, 5.74) is 7.78. The molecule has 0 unspecified atom stereocenters. The van der Waals surface area contributed by atoms with E-state index >= 15 is 0 Å². The van der Waals surface area contributed by atoms with Gasteiger partial charge in [0.05, 0.1) is 11.4 Å². The van der Waals surface area contributed by atoms with Crippen molar-refractivity contribution in [3.8, 4) is 34.0 Å². The van der Waals surface area contributed by atoms with Gasteiger partial charge in [-0.05, 0) is 82.6 Å². The molecule has 0 fully saturated rings. The summed E-state index contributed by atoms with van der Waals surface area (Å²) < 4.78 is 6.74. The Balaban J connectivity index is 1.51. The van der Waals surface area contributed by atoms with Crippen molar-refractivity contribution in [3.63, 3.8) is 0 Å². The highest BCUT2D eigenvalue weighted by Crippen LogP contribution is 2.39. The first-order valence-electron chi connectivity index (χ1n) is 14.0. The van der Waals surface area contributed by atoms with Crippen LogP contribution >= 0.6 is 0 Å². The first kappa shape index (κ1) is 26.6. The number of rotatable bonds is 4. The topological polar surface area (TPSA) is 60.8 Å². The van der Waals surface area contributed by atoms with Crippen molar-refractivity contribution in [2.75, 3.05) is 0 Å². The highest BCUT2D eigenvalue weighted by atomic mass is 16.5. The molecule has 0 atom stereocenters. The summed E-state index contributed by atoms with van der Waals surface area (Å²) >= 11 is 0. The number of pyridine rings is 4. The van der Waals surface area contributed by atoms with E-state index in [-0.39, 0.29) is 10.8 Å². The Kier molecular flexibility index (Phi) is 6.53. The Bertz CT molecular complexity index is 1760. The maximum Gasteiger partial charge on any atom is 0.154 e. The van der Waals surface area contributed by atoms with Crippen LogP contribution in [0.1, 0.15) is 52.7 Å². The average Bonchev–Trinajstić information content (AvgIpc) is 2.96. The van der Waals surface area contributed by atoms with Gasteiger partial charge in [0, 0.05) is 46.7 Å². The van der Waals surface area contributed by atoms with Crippen molar-refractivity contribution in [2.24, 2.45) is 0 Å². The zero-order valence-corrected chi connectivity index (χ0v) is 24.4. The summed E-state index contributed by atoms with van der Waals surface area (Å²) in [5, 5.41) is 1.96. The maximum atomic E-state index is 6.74. The number of aromatic nitrogens is 4. The molecule has 204 valence electrons. The van der Waals surface area contributed by atoms with Gasteiger partial charge in [0.25, 0.3) is 0 Å². The van der Waals surface area contributed by atoms with Crippen molar-refractivity contribution < 1.29 is 4.74 Å². The van der Waals surface area contributed by atoms with E-state index in [9.17, 15) is 0 Å². The molecule has 0 bridgehead atoms. The van der Waals surface area contributed by atoms with Crippen molar-refractivity contribution in [3.05, 3.63) is 109 Å². The monoisotopic (exact) mass is 538 g/mol. The quantitative estimate of drug-likeness (QED) is 0.224. The molecule has 41 heavy (non-hydrogen) atoms. The predicted octanol–water partition coefficient (Wildman–Crippen LogP) is 9.29. The fraction of sp³-hybridized carbons (Fsp3) is 0.222. The normalized spacial score (nSPS) is 12.1. The van der Waals surface area contributed by atoms with Crippen LogP contribution < -0.4 is 4.74 Å². The van der Waals surface area contributed by atoms with E-state index in [2.05, 4.69) is 90.1 Å². The number of fused-ring (bicyclic) bond motifs is 2. The van der Waals surface area contributed by atoms with E-state index in [1.54, 1.807) is 12.4 Å². The van der Waals surface area contributed by atoms with Crippen LogP contribution in [0.25, 0.3) is 44.3 Å². The van der Waals surface area contributed by atoms with Crippen molar-refractivity contribution in [1.29, 1.82) is 0 Å². The molecule has 0 aliphatic carbocycles. The van der Waals surface area contributed by atoms with Crippen LogP contribution in [0.4, 0.5) is 0 Å². The minimum Gasteiger partial charge on any atom is -0.453 e. The molecule has 0 aliphatic rings. The SMILES string of the molecule is CC(C)(C)c1ccnc(-c2cc(Oc3cc(-c4cc(C(C)(C)C)ccn4)cc4cccnc34)c3ncccc3c2)c1. The van der Waals surface area contributed by atoms with Gasteiger partial charge in [-0.15, -0.1) is 0 Å². The molecular weight excluding hydrogens is 504 g/mol. The molecule has 4 aromatic heterocycles. The van der Waals surface area contributed by atoms with Gasteiger partial charge in [-0.25, -0.2) is 0 Å². The van der Waals surface area contributed by atoms with E-state index in [1.165, 1.54) is 11.1 Å². The highest BCUT2D eigenvalue weighted by molar-refractivity contribution is 5.92. The van der Waals surface area contributed by atoms with Gasteiger partial charge in [-0.2, -0.15) is 0 Å². The Morgan fingerprint density at radius 2 is 0.927 bits per heavy atom. The lowest BCUT2D eigenvalue weighted by Crippen LogP contribution is -2.11. The summed E-state index contributed by atoms with van der Waals surface area (Å²) in [6, 6.07) is 24.8. The van der Waals surface area contributed by atoms with Crippen LogP contribution in [0.3, 0.4) is 0 Å². The van der Waals surface area contributed by atoms with Crippen molar-refractivity contribution in [1.82, 2.24) is 19.9 Å². The predicted molar refractivity (Wildman–Crippen MR) is 167 cm³/mol. The molecule has 2 aromatic carbocycles. The van der Waals surface area contributed by atoms with Crippen LogP contribution in [0.15, 0.2) is 97.6 Å². The van der Waals surface area contributed by atoms with Crippen LogP contribution in [-0.4, -0.2) is 19.9 Å². The minimum absolute atomic E-state index is 0.0127. The zero-order valence-electron chi connectivity index (χ0n) is 24.4.